The van der Waals surface area contributed by atoms with E-state index in [9.17, 15) is 29.4 Å². The fraction of sp³-hybridized carbons (Fsp3) is 0.776. The topological polar surface area (TPSA) is 137 Å². The number of allylic oxidation sites excluding steroid dienone is 1. The molecule has 0 aromatic carbocycles. The van der Waals surface area contributed by atoms with Crippen molar-refractivity contribution in [1.82, 2.24) is 14.8 Å². The maximum absolute atomic E-state index is 14.4. The number of aliphatic carboxylic acids is 1. The molecule has 9 atom stereocenters. The number of carboxylic acids is 1. The molecule has 4 saturated carbocycles. The molecule has 2 N–H and O–H groups in total. The van der Waals surface area contributed by atoms with Gasteiger partial charge in [-0.1, -0.05) is 60.1 Å². The van der Waals surface area contributed by atoms with Gasteiger partial charge in [-0.25, -0.2) is 0 Å². The van der Waals surface area contributed by atoms with Gasteiger partial charge in [0.1, 0.15) is 6.10 Å². The number of ketones is 1. The number of likely N-dealkylation sites (tertiary alicyclic amines) is 1. The smallest absolute Gasteiger partial charge is 0.309 e. The van der Waals surface area contributed by atoms with E-state index in [0.717, 1.165) is 75.6 Å². The summed E-state index contributed by atoms with van der Waals surface area (Å²) in [5.74, 6) is 0.0501. The van der Waals surface area contributed by atoms with Crippen molar-refractivity contribution in [2.45, 2.75) is 158 Å². The molecule has 10 heteroatoms. The maximum Gasteiger partial charge on any atom is 0.309 e. The number of fused-ring (bicyclic) bond motifs is 7. The van der Waals surface area contributed by atoms with E-state index in [0.29, 0.717) is 50.9 Å². The summed E-state index contributed by atoms with van der Waals surface area (Å²) >= 11 is 0. The molecule has 326 valence electrons. The first-order chi connectivity index (χ1) is 27.6. The number of hydrogen-bond acceptors (Lipinski definition) is 8. The third-order valence-electron chi connectivity index (χ3n) is 17.9. The Labute approximate surface area is 353 Å². The van der Waals surface area contributed by atoms with E-state index in [1.807, 2.05) is 23.1 Å². The SMILES string of the molecule is CC(C)C1=C2[C@H]3CC[C@@H]4[C@@]5(C)CC[C@H](OC(=O)CC(C)(C)C(=O)O)C(C)(C)[C@@H]5CC[C@@]4(C)[C@]3(C)CCC2(C(O)CN(CCN2CCCC2=O)Cc2ccccn2)CC1=O. The van der Waals surface area contributed by atoms with Crippen LogP contribution in [0.15, 0.2) is 35.5 Å². The van der Waals surface area contributed by atoms with Crippen molar-refractivity contribution >= 4 is 23.6 Å². The Bertz CT molecular complexity index is 1840. The average Bonchev–Trinajstić information content (AvgIpc) is 3.71. The molecule has 0 bridgehead atoms. The lowest BCUT2D eigenvalue weighted by Crippen LogP contribution is -2.66. The van der Waals surface area contributed by atoms with Gasteiger partial charge in [-0.3, -0.25) is 29.1 Å². The highest BCUT2D eigenvalue weighted by atomic mass is 16.5. The minimum absolute atomic E-state index is 0.0113. The maximum atomic E-state index is 14.4. The number of carbonyl (C=O) groups is 4. The van der Waals surface area contributed by atoms with Crippen molar-refractivity contribution in [2.75, 3.05) is 26.2 Å². The van der Waals surface area contributed by atoms with Crippen LogP contribution < -0.4 is 0 Å². The van der Waals surface area contributed by atoms with Crippen LogP contribution in [0.1, 0.15) is 145 Å². The molecule has 2 heterocycles. The lowest BCUT2D eigenvalue weighted by Gasteiger charge is -2.72. The number of hydrogen-bond donors (Lipinski definition) is 2. The number of esters is 1. The summed E-state index contributed by atoms with van der Waals surface area (Å²) in [6.45, 7) is 22.6. The summed E-state index contributed by atoms with van der Waals surface area (Å²) < 4.78 is 6.20. The van der Waals surface area contributed by atoms with Crippen LogP contribution in [0.3, 0.4) is 0 Å². The van der Waals surface area contributed by atoms with E-state index >= 15 is 0 Å². The van der Waals surface area contributed by atoms with Crippen LogP contribution in [0, 0.1) is 56.2 Å². The third-order valence-corrected chi connectivity index (χ3v) is 17.9. The van der Waals surface area contributed by atoms with Crippen molar-refractivity contribution in [3.05, 3.63) is 41.2 Å². The number of Topliss-reactive ketones (excluding diaryl/α,β-unsaturated/α-hetero) is 1. The number of rotatable bonds is 13. The minimum atomic E-state index is -1.18. The van der Waals surface area contributed by atoms with Crippen LogP contribution in [0.25, 0.3) is 0 Å². The predicted octanol–water partition coefficient (Wildman–Crippen LogP) is 8.26. The molecule has 1 amide bonds. The van der Waals surface area contributed by atoms with Crippen LogP contribution >= 0.6 is 0 Å². The fourth-order valence-corrected chi connectivity index (χ4v) is 14.5. The summed E-state index contributed by atoms with van der Waals surface area (Å²) in [7, 11) is 0. The summed E-state index contributed by atoms with van der Waals surface area (Å²) in [4.78, 5) is 60.8. The third kappa shape index (κ3) is 7.31. The normalized spacial score (nSPS) is 36.0. The zero-order chi connectivity index (χ0) is 42.9. The largest absolute Gasteiger partial charge is 0.481 e. The highest BCUT2D eigenvalue weighted by Gasteiger charge is 2.71. The molecule has 59 heavy (non-hydrogen) atoms. The first kappa shape index (κ1) is 44.0. The van der Waals surface area contributed by atoms with Crippen LogP contribution in [-0.2, 0) is 30.5 Å². The van der Waals surface area contributed by atoms with E-state index in [1.165, 1.54) is 5.57 Å². The van der Waals surface area contributed by atoms with Crippen molar-refractivity contribution in [2.24, 2.45) is 56.2 Å². The molecule has 7 rings (SSSR count). The summed E-state index contributed by atoms with van der Waals surface area (Å²) in [5, 5.41) is 22.4. The van der Waals surface area contributed by atoms with Crippen molar-refractivity contribution < 1.29 is 34.1 Å². The lowest BCUT2D eigenvalue weighted by atomic mass is 9.33. The summed E-state index contributed by atoms with van der Waals surface area (Å²) in [6, 6.07) is 5.92. The first-order valence-corrected chi connectivity index (χ1v) is 22.9. The van der Waals surface area contributed by atoms with Crippen LogP contribution in [0.2, 0.25) is 0 Å². The zero-order valence-electron chi connectivity index (χ0n) is 37.6. The Morgan fingerprint density at radius 1 is 0.983 bits per heavy atom. The van der Waals surface area contributed by atoms with E-state index in [-0.39, 0.29) is 57.7 Å². The van der Waals surface area contributed by atoms with Gasteiger partial charge in [-0.15, -0.1) is 0 Å². The molecule has 1 aliphatic heterocycles. The van der Waals surface area contributed by atoms with Gasteiger partial charge in [0.15, 0.2) is 5.78 Å². The predicted molar refractivity (Wildman–Crippen MR) is 227 cm³/mol. The van der Waals surface area contributed by atoms with Gasteiger partial charge < -0.3 is 19.8 Å². The number of ether oxygens (including phenoxy) is 1. The molecule has 1 saturated heterocycles. The van der Waals surface area contributed by atoms with Crippen molar-refractivity contribution in [3.63, 3.8) is 0 Å². The molecular weight excluding hydrogens is 743 g/mol. The number of aliphatic hydroxyl groups is 1. The molecule has 1 aromatic heterocycles. The standard InChI is InChI=1S/C49H73N3O7/c1-31(2)41-34(53)27-49(37(54)30-51(29-32-13-10-11-23-50-32)25-26-52-24-12-14-39(52)55)22-21-47(8)33(42(41)49)15-16-36-46(7)19-18-38(59-40(56)28-44(3,4)43(57)58)45(5,6)35(46)17-20-48(36,47)9/h10-11,13,23,31,33,35-38,54H,12,14-22,24-30H2,1-9H3,(H,57,58)/t33-,35+,36-,37?,38+,46+,47-,48-,49?/m1/s1. The van der Waals surface area contributed by atoms with Crippen molar-refractivity contribution in [1.29, 1.82) is 0 Å². The van der Waals surface area contributed by atoms with Gasteiger partial charge in [0.2, 0.25) is 5.91 Å². The average molecular weight is 816 g/mol. The van der Waals surface area contributed by atoms with E-state index in [1.54, 1.807) is 20.0 Å². The molecular formula is C49H73N3O7. The minimum Gasteiger partial charge on any atom is -0.481 e. The van der Waals surface area contributed by atoms with Gasteiger partial charge in [0, 0.05) is 62.6 Å². The summed E-state index contributed by atoms with van der Waals surface area (Å²) in [5.41, 5.74) is 1.08. The van der Waals surface area contributed by atoms with Crippen LogP contribution in [-0.4, -0.2) is 87.0 Å². The number of nitrogens with zero attached hydrogens (tertiary/aromatic N) is 3. The van der Waals surface area contributed by atoms with Gasteiger partial charge in [-0.2, -0.15) is 0 Å². The zero-order valence-corrected chi connectivity index (χ0v) is 37.6. The fourth-order valence-electron chi connectivity index (χ4n) is 14.5. The molecule has 1 aromatic rings. The van der Waals surface area contributed by atoms with Gasteiger partial charge >= 0.3 is 11.9 Å². The van der Waals surface area contributed by atoms with Gasteiger partial charge in [-0.05, 0) is 129 Å². The van der Waals surface area contributed by atoms with Crippen LogP contribution in [0.5, 0.6) is 0 Å². The number of aromatic nitrogens is 1. The Hall–Kier alpha value is -3.11. The Kier molecular flexibility index (Phi) is 11.7. The first-order valence-electron chi connectivity index (χ1n) is 22.9. The van der Waals surface area contributed by atoms with Gasteiger partial charge in [0.05, 0.1) is 23.6 Å². The monoisotopic (exact) mass is 816 g/mol. The van der Waals surface area contributed by atoms with Crippen LogP contribution in [0.4, 0.5) is 0 Å². The van der Waals surface area contributed by atoms with E-state index in [2.05, 4.69) is 58.4 Å². The molecule has 0 spiro atoms. The number of carbonyl (C=O) groups excluding carboxylic acids is 3. The highest BCUT2D eigenvalue weighted by molar-refractivity contribution is 6.00. The second kappa shape index (κ2) is 15.7. The molecule has 6 aliphatic rings. The summed E-state index contributed by atoms with van der Waals surface area (Å²) in [6.07, 6.45) is 10.1. The molecule has 10 nitrogen and oxygen atoms in total. The Morgan fingerprint density at radius 2 is 1.73 bits per heavy atom. The number of pyridine rings is 1. The number of carboxylic acid groups (broad SMARTS) is 1. The quantitative estimate of drug-likeness (QED) is 0.189. The lowest BCUT2D eigenvalue weighted by molar-refractivity contribution is -0.235. The Balaban J connectivity index is 1.16. The molecule has 5 aliphatic carbocycles. The highest BCUT2D eigenvalue weighted by Crippen LogP contribution is 2.77. The number of aliphatic hydroxyl groups excluding tert-OH is 1. The van der Waals surface area contributed by atoms with E-state index < -0.39 is 28.9 Å². The Morgan fingerprint density at radius 3 is 2.37 bits per heavy atom. The van der Waals surface area contributed by atoms with Gasteiger partial charge in [0.25, 0.3) is 0 Å². The van der Waals surface area contributed by atoms with Crippen molar-refractivity contribution in [3.8, 4) is 0 Å². The second-order valence-corrected chi connectivity index (χ2v) is 22.1. The molecule has 5 fully saturated rings. The van der Waals surface area contributed by atoms with E-state index in [4.69, 9.17) is 4.74 Å². The second-order valence-electron chi connectivity index (χ2n) is 22.1. The number of amides is 1. The molecule has 0 radical (unpaired) electrons. The molecule has 2 unspecified atom stereocenters.